The van der Waals surface area contributed by atoms with E-state index < -0.39 is 11.8 Å². The molecule has 0 fully saturated rings. The van der Waals surface area contributed by atoms with Crippen LogP contribution in [0.3, 0.4) is 0 Å². The zero-order chi connectivity index (χ0) is 15.7. The SMILES string of the molecule is Cc1cc(Cl)c(Nc2cc(C(=O)O)c(N)cc2F)cc1Cl. The molecule has 2 rings (SSSR count). The van der Waals surface area contributed by atoms with E-state index in [2.05, 4.69) is 5.32 Å². The molecular formula is C14H11Cl2FN2O2. The minimum Gasteiger partial charge on any atom is -0.478 e. The van der Waals surface area contributed by atoms with Crippen molar-refractivity contribution in [2.24, 2.45) is 0 Å². The second-order valence-electron chi connectivity index (χ2n) is 4.43. The molecule has 0 amide bonds. The molecule has 2 aromatic rings. The fourth-order valence-electron chi connectivity index (χ4n) is 1.76. The average molecular weight is 329 g/mol. The van der Waals surface area contributed by atoms with Crippen molar-refractivity contribution >= 4 is 46.2 Å². The van der Waals surface area contributed by atoms with Crippen molar-refractivity contribution in [3.63, 3.8) is 0 Å². The normalized spacial score (nSPS) is 10.5. The molecule has 7 heteroatoms. The molecule has 0 aliphatic rings. The van der Waals surface area contributed by atoms with Gasteiger partial charge in [-0.15, -0.1) is 0 Å². The number of carboxylic acids is 1. The molecule has 4 nitrogen and oxygen atoms in total. The summed E-state index contributed by atoms with van der Waals surface area (Å²) in [5.74, 6) is -1.94. The lowest BCUT2D eigenvalue weighted by Gasteiger charge is -2.13. The molecule has 0 atom stereocenters. The van der Waals surface area contributed by atoms with Crippen molar-refractivity contribution in [2.45, 2.75) is 6.92 Å². The van der Waals surface area contributed by atoms with Crippen LogP contribution < -0.4 is 11.1 Å². The van der Waals surface area contributed by atoms with Gasteiger partial charge in [-0.1, -0.05) is 23.2 Å². The summed E-state index contributed by atoms with van der Waals surface area (Å²) in [4.78, 5) is 11.0. The van der Waals surface area contributed by atoms with Crippen LogP contribution in [0.25, 0.3) is 0 Å². The monoisotopic (exact) mass is 328 g/mol. The van der Waals surface area contributed by atoms with E-state index in [0.717, 1.165) is 17.7 Å². The highest BCUT2D eigenvalue weighted by Crippen LogP contribution is 2.33. The third kappa shape index (κ3) is 3.20. The van der Waals surface area contributed by atoms with E-state index in [0.29, 0.717) is 15.7 Å². The molecule has 0 heterocycles. The highest BCUT2D eigenvalue weighted by molar-refractivity contribution is 6.35. The van der Waals surface area contributed by atoms with Gasteiger partial charge in [0, 0.05) is 10.7 Å². The molecule has 0 aromatic heterocycles. The van der Waals surface area contributed by atoms with Gasteiger partial charge in [-0.3, -0.25) is 0 Å². The van der Waals surface area contributed by atoms with Crippen LogP contribution in [0.1, 0.15) is 15.9 Å². The zero-order valence-corrected chi connectivity index (χ0v) is 12.4. The van der Waals surface area contributed by atoms with Crippen molar-refractivity contribution < 1.29 is 14.3 Å². The first-order chi connectivity index (χ1) is 9.79. The number of nitrogens with one attached hydrogen (secondary N) is 1. The van der Waals surface area contributed by atoms with Crippen molar-refractivity contribution in [3.05, 3.63) is 51.3 Å². The van der Waals surface area contributed by atoms with E-state index in [9.17, 15) is 9.18 Å². The molecule has 0 spiro atoms. The smallest absolute Gasteiger partial charge is 0.337 e. The number of anilines is 3. The number of benzene rings is 2. The average Bonchev–Trinajstić information content (AvgIpc) is 2.38. The van der Waals surface area contributed by atoms with Gasteiger partial charge < -0.3 is 16.2 Å². The fraction of sp³-hybridized carbons (Fsp3) is 0.0714. The Kier molecular flexibility index (Phi) is 4.25. The molecule has 4 N–H and O–H groups in total. The maximum atomic E-state index is 13.9. The lowest BCUT2D eigenvalue weighted by atomic mass is 10.1. The first-order valence-corrected chi connectivity index (χ1v) is 6.60. The fourth-order valence-corrected chi connectivity index (χ4v) is 2.19. The Balaban J connectivity index is 2.47. The van der Waals surface area contributed by atoms with Gasteiger partial charge in [0.25, 0.3) is 0 Å². The Morgan fingerprint density at radius 2 is 1.86 bits per heavy atom. The van der Waals surface area contributed by atoms with Crippen molar-refractivity contribution in [1.82, 2.24) is 0 Å². The Bertz CT molecular complexity index is 735. The van der Waals surface area contributed by atoms with E-state index in [1.807, 2.05) is 0 Å². The topological polar surface area (TPSA) is 75.3 Å². The van der Waals surface area contributed by atoms with Gasteiger partial charge in [0.1, 0.15) is 5.82 Å². The molecule has 0 unspecified atom stereocenters. The van der Waals surface area contributed by atoms with Crippen LogP contribution in [0.4, 0.5) is 21.5 Å². The van der Waals surface area contributed by atoms with E-state index in [-0.39, 0.29) is 16.9 Å². The predicted molar refractivity (Wildman–Crippen MR) is 82.3 cm³/mol. The first-order valence-electron chi connectivity index (χ1n) is 5.84. The number of carboxylic acid groups (broad SMARTS) is 1. The number of rotatable bonds is 3. The Morgan fingerprint density at radius 1 is 1.19 bits per heavy atom. The molecule has 110 valence electrons. The molecule has 0 aliphatic carbocycles. The summed E-state index contributed by atoms with van der Waals surface area (Å²) in [6, 6.07) is 5.21. The second kappa shape index (κ2) is 5.79. The molecule has 21 heavy (non-hydrogen) atoms. The third-order valence-corrected chi connectivity index (χ3v) is 3.61. The molecule has 0 aliphatic heterocycles. The molecule has 2 aromatic carbocycles. The van der Waals surface area contributed by atoms with E-state index in [4.69, 9.17) is 34.0 Å². The zero-order valence-electron chi connectivity index (χ0n) is 10.9. The summed E-state index contributed by atoms with van der Waals surface area (Å²) < 4.78 is 13.9. The molecule has 0 saturated carbocycles. The van der Waals surface area contributed by atoms with Crippen LogP contribution in [0.5, 0.6) is 0 Å². The van der Waals surface area contributed by atoms with Gasteiger partial charge in [-0.05, 0) is 36.8 Å². The molecule has 0 bridgehead atoms. The molecule has 0 radical (unpaired) electrons. The second-order valence-corrected chi connectivity index (χ2v) is 5.25. The van der Waals surface area contributed by atoms with Crippen LogP contribution in [0.15, 0.2) is 24.3 Å². The van der Waals surface area contributed by atoms with E-state index in [1.54, 1.807) is 13.0 Å². The van der Waals surface area contributed by atoms with Crippen molar-refractivity contribution in [1.29, 1.82) is 0 Å². The lowest BCUT2D eigenvalue weighted by molar-refractivity contribution is 0.0698. The van der Waals surface area contributed by atoms with Crippen LogP contribution >= 0.6 is 23.2 Å². The number of halogens is 3. The van der Waals surface area contributed by atoms with Crippen molar-refractivity contribution in [2.75, 3.05) is 11.1 Å². The van der Waals surface area contributed by atoms with Gasteiger partial charge >= 0.3 is 5.97 Å². The Hall–Kier alpha value is -1.98. The molecule has 0 saturated heterocycles. The van der Waals surface area contributed by atoms with E-state index in [1.165, 1.54) is 6.07 Å². The number of aryl methyl sites for hydroxylation is 1. The number of carbonyl (C=O) groups is 1. The maximum absolute atomic E-state index is 13.9. The van der Waals surface area contributed by atoms with Gasteiger partial charge in [0.05, 0.1) is 22.0 Å². The largest absolute Gasteiger partial charge is 0.478 e. The van der Waals surface area contributed by atoms with Crippen LogP contribution in [-0.2, 0) is 0 Å². The Morgan fingerprint density at radius 3 is 2.48 bits per heavy atom. The predicted octanol–water partition coefficient (Wildman–Crippen LogP) is 4.46. The van der Waals surface area contributed by atoms with Gasteiger partial charge in [-0.2, -0.15) is 0 Å². The summed E-state index contributed by atoms with van der Waals surface area (Å²) in [6.07, 6.45) is 0. The summed E-state index contributed by atoms with van der Waals surface area (Å²) in [5.41, 5.74) is 6.20. The maximum Gasteiger partial charge on any atom is 0.337 e. The number of hydrogen-bond donors (Lipinski definition) is 3. The summed E-state index contributed by atoms with van der Waals surface area (Å²) in [5, 5.41) is 12.5. The minimum absolute atomic E-state index is 0.0524. The van der Waals surface area contributed by atoms with Gasteiger partial charge in [-0.25, -0.2) is 9.18 Å². The summed E-state index contributed by atoms with van der Waals surface area (Å²) >= 11 is 12.0. The van der Waals surface area contributed by atoms with Crippen LogP contribution in [-0.4, -0.2) is 11.1 Å². The highest BCUT2D eigenvalue weighted by atomic mass is 35.5. The number of nitrogen functional groups attached to an aromatic ring is 1. The Labute approximate surface area is 130 Å². The van der Waals surface area contributed by atoms with Gasteiger partial charge in [0.15, 0.2) is 0 Å². The first kappa shape index (κ1) is 15.4. The number of nitrogens with two attached hydrogens (primary N) is 1. The van der Waals surface area contributed by atoms with Crippen LogP contribution in [0, 0.1) is 12.7 Å². The standard InChI is InChI=1S/C14H11Cl2FN2O2/c1-6-2-9(16)12(4-8(6)15)19-13-3-7(14(20)21)11(18)5-10(13)17/h2-5,19H,18H2,1H3,(H,20,21). The van der Waals surface area contributed by atoms with Crippen LogP contribution in [0.2, 0.25) is 10.0 Å². The molecular weight excluding hydrogens is 318 g/mol. The quantitative estimate of drug-likeness (QED) is 0.727. The third-order valence-electron chi connectivity index (χ3n) is 2.89. The number of aromatic carboxylic acids is 1. The summed E-state index contributed by atoms with van der Waals surface area (Å²) in [7, 11) is 0. The van der Waals surface area contributed by atoms with Crippen molar-refractivity contribution in [3.8, 4) is 0 Å². The highest BCUT2D eigenvalue weighted by Gasteiger charge is 2.14. The minimum atomic E-state index is -1.25. The van der Waals surface area contributed by atoms with Gasteiger partial charge in [0.2, 0.25) is 0 Å². The summed E-state index contributed by atoms with van der Waals surface area (Å²) in [6.45, 7) is 1.78. The lowest BCUT2D eigenvalue weighted by Crippen LogP contribution is -2.05. The number of hydrogen-bond acceptors (Lipinski definition) is 3. The van der Waals surface area contributed by atoms with E-state index >= 15 is 0 Å².